The molecule has 0 radical (unpaired) electrons. The van der Waals surface area contributed by atoms with Crippen LogP contribution < -0.4 is 5.32 Å². The van der Waals surface area contributed by atoms with Crippen LogP contribution in [0.4, 0.5) is 4.79 Å². The number of nitrogens with one attached hydrogen (secondary N) is 1. The van der Waals surface area contributed by atoms with Gasteiger partial charge < -0.3 is 19.5 Å². The maximum atomic E-state index is 14.4. The molecule has 49 heavy (non-hydrogen) atoms. The van der Waals surface area contributed by atoms with E-state index in [-0.39, 0.29) is 19.1 Å². The van der Waals surface area contributed by atoms with E-state index in [1.807, 2.05) is 109 Å². The summed E-state index contributed by atoms with van der Waals surface area (Å²) >= 11 is 6.81. The van der Waals surface area contributed by atoms with Crippen molar-refractivity contribution in [3.05, 3.63) is 179 Å². The fourth-order valence-electron chi connectivity index (χ4n) is 6.32. The van der Waals surface area contributed by atoms with Crippen LogP contribution in [-0.4, -0.2) is 37.3 Å². The number of benzene rings is 5. The van der Waals surface area contributed by atoms with E-state index in [0.29, 0.717) is 21.7 Å². The van der Waals surface area contributed by atoms with E-state index in [2.05, 4.69) is 11.9 Å². The third-order valence-electron chi connectivity index (χ3n) is 8.52. The van der Waals surface area contributed by atoms with Crippen molar-refractivity contribution in [3.63, 3.8) is 0 Å². The molecule has 0 heterocycles. The summed E-state index contributed by atoms with van der Waals surface area (Å²) in [6.45, 7) is 3.52. The van der Waals surface area contributed by atoms with Crippen LogP contribution in [0.1, 0.15) is 40.2 Å². The summed E-state index contributed by atoms with van der Waals surface area (Å²) in [5.41, 5.74) is 4.40. The van der Waals surface area contributed by atoms with Gasteiger partial charge in [-0.05, 0) is 28.3 Å². The smallest absolute Gasteiger partial charge is 0.407 e. The molecule has 1 atom stereocenters. The molecule has 1 aliphatic rings. The van der Waals surface area contributed by atoms with Crippen molar-refractivity contribution in [3.8, 4) is 11.1 Å². The van der Waals surface area contributed by atoms with E-state index in [4.69, 9.17) is 25.8 Å². The Morgan fingerprint density at radius 3 is 1.84 bits per heavy atom. The van der Waals surface area contributed by atoms with Gasteiger partial charge >= 0.3 is 18.0 Å². The highest BCUT2D eigenvalue weighted by atomic mass is 35.5. The van der Waals surface area contributed by atoms with Crippen molar-refractivity contribution in [1.82, 2.24) is 5.32 Å². The van der Waals surface area contributed by atoms with Gasteiger partial charge in [-0.25, -0.2) is 9.59 Å². The van der Waals surface area contributed by atoms with E-state index >= 15 is 0 Å². The Hall–Kier alpha value is -5.66. The van der Waals surface area contributed by atoms with Crippen LogP contribution in [0.15, 0.2) is 146 Å². The van der Waals surface area contributed by atoms with Crippen molar-refractivity contribution in [2.24, 2.45) is 0 Å². The van der Waals surface area contributed by atoms with Crippen molar-refractivity contribution >= 4 is 29.6 Å². The number of alkyl carbamates (subject to hydrolysis) is 1. The monoisotopic (exact) mass is 671 g/mol. The maximum absolute atomic E-state index is 14.4. The number of hydrogen-bond donors (Lipinski definition) is 1. The van der Waals surface area contributed by atoms with Gasteiger partial charge in [0, 0.05) is 27.6 Å². The first-order valence-corrected chi connectivity index (χ1v) is 16.3. The van der Waals surface area contributed by atoms with Crippen LogP contribution in [0, 0.1) is 0 Å². The molecule has 5 aromatic carbocycles. The molecule has 5 aromatic rings. The van der Waals surface area contributed by atoms with Crippen LogP contribution in [-0.2, 0) is 29.4 Å². The number of rotatable bonds is 12. The zero-order valence-electron chi connectivity index (χ0n) is 26.6. The molecule has 7 nitrogen and oxygen atoms in total. The van der Waals surface area contributed by atoms with Crippen molar-refractivity contribution in [1.29, 1.82) is 0 Å². The number of ether oxygens (including phenoxy) is 3. The van der Waals surface area contributed by atoms with Gasteiger partial charge in [-0.15, -0.1) is 0 Å². The van der Waals surface area contributed by atoms with E-state index in [0.717, 1.165) is 22.3 Å². The molecule has 0 bridgehead atoms. The first-order valence-electron chi connectivity index (χ1n) is 15.9. The lowest BCUT2D eigenvalue weighted by Crippen LogP contribution is -2.47. The number of hydrogen-bond acceptors (Lipinski definition) is 6. The SMILES string of the molecule is C=CCOC(=O)C[C@H](NC(=O)OCC1c2ccccc2-c2ccccc21)C(=O)OC(c1ccccc1)(c1ccccc1)c1ccccc1Cl. The molecule has 246 valence electrons. The number of carbonyl (C=O) groups excluding carboxylic acids is 3. The molecule has 0 saturated heterocycles. The summed E-state index contributed by atoms with van der Waals surface area (Å²) in [6.07, 6.45) is 0.0133. The molecule has 1 amide bonds. The van der Waals surface area contributed by atoms with E-state index in [1.165, 1.54) is 6.08 Å². The topological polar surface area (TPSA) is 90.9 Å². The molecular weight excluding hydrogens is 638 g/mol. The third-order valence-corrected chi connectivity index (χ3v) is 8.85. The van der Waals surface area contributed by atoms with Crippen LogP contribution in [0.2, 0.25) is 5.02 Å². The standard InChI is InChI=1S/C41H34ClNO6/c1-2-25-47-38(44)26-37(43-40(46)48-27-34-32-21-11-9-19-30(32)31-20-10-12-22-33(31)34)39(45)49-41(28-15-5-3-6-16-28,29-17-7-4-8-18-29)35-23-13-14-24-36(35)42/h2-24,34,37H,1,25-27H2,(H,43,46)/t37-/m0/s1. The molecule has 8 heteroatoms. The summed E-state index contributed by atoms with van der Waals surface area (Å²) < 4.78 is 17.4. The molecule has 6 rings (SSSR count). The highest BCUT2D eigenvalue weighted by molar-refractivity contribution is 6.31. The average Bonchev–Trinajstić information content (AvgIpc) is 3.46. The Morgan fingerprint density at radius 2 is 1.27 bits per heavy atom. The summed E-state index contributed by atoms with van der Waals surface area (Å²) in [6, 6.07) is 39.9. The summed E-state index contributed by atoms with van der Waals surface area (Å²) in [7, 11) is 0. The molecule has 0 saturated carbocycles. The van der Waals surface area contributed by atoms with Gasteiger partial charge in [0.25, 0.3) is 0 Å². The largest absolute Gasteiger partial charge is 0.461 e. The summed E-state index contributed by atoms with van der Waals surface area (Å²) in [5, 5.41) is 2.95. The second-order valence-corrected chi connectivity index (χ2v) is 11.9. The van der Waals surface area contributed by atoms with Gasteiger partial charge in [-0.1, -0.05) is 152 Å². The summed E-state index contributed by atoms with van der Waals surface area (Å²) in [5.74, 6) is -1.83. The van der Waals surface area contributed by atoms with Crippen LogP contribution >= 0.6 is 11.6 Å². The predicted octanol–water partition coefficient (Wildman–Crippen LogP) is 8.20. The lowest BCUT2D eigenvalue weighted by molar-refractivity contribution is -0.159. The van der Waals surface area contributed by atoms with Crippen molar-refractivity contribution in [2.45, 2.75) is 24.0 Å². The second-order valence-electron chi connectivity index (χ2n) is 11.5. The minimum Gasteiger partial charge on any atom is -0.461 e. The van der Waals surface area contributed by atoms with Gasteiger partial charge in [-0.3, -0.25) is 4.79 Å². The van der Waals surface area contributed by atoms with Crippen LogP contribution in [0.25, 0.3) is 11.1 Å². The van der Waals surface area contributed by atoms with Crippen LogP contribution in [0.5, 0.6) is 0 Å². The fourth-order valence-corrected chi connectivity index (χ4v) is 6.59. The quantitative estimate of drug-likeness (QED) is 0.0622. The van der Waals surface area contributed by atoms with E-state index in [1.54, 1.807) is 24.3 Å². The molecule has 0 unspecified atom stereocenters. The first kappa shape index (κ1) is 33.2. The Labute approximate surface area is 290 Å². The van der Waals surface area contributed by atoms with Gasteiger partial charge in [0.1, 0.15) is 19.3 Å². The Morgan fingerprint density at radius 1 is 0.735 bits per heavy atom. The van der Waals surface area contributed by atoms with E-state index < -0.39 is 36.1 Å². The molecule has 0 aromatic heterocycles. The molecule has 0 fully saturated rings. The Balaban J connectivity index is 1.31. The first-order chi connectivity index (χ1) is 23.9. The minimum absolute atomic E-state index is 0.0140. The number of halogens is 1. The number of fused-ring (bicyclic) bond motifs is 3. The minimum atomic E-state index is -1.55. The molecule has 1 N–H and O–H groups in total. The van der Waals surface area contributed by atoms with Crippen LogP contribution in [0.3, 0.4) is 0 Å². The lowest BCUT2D eigenvalue weighted by atomic mass is 9.80. The normalized spacial score (nSPS) is 12.6. The molecular formula is C41H34ClNO6. The highest BCUT2D eigenvalue weighted by Gasteiger charge is 2.44. The lowest BCUT2D eigenvalue weighted by Gasteiger charge is -2.37. The van der Waals surface area contributed by atoms with Crippen molar-refractivity contribution < 1.29 is 28.6 Å². The predicted molar refractivity (Wildman–Crippen MR) is 188 cm³/mol. The van der Waals surface area contributed by atoms with Gasteiger partial charge in [0.05, 0.1) is 6.42 Å². The zero-order chi connectivity index (χ0) is 34.2. The second kappa shape index (κ2) is 15.0. The number of carbonyl (C=O) groups is 3. The molecule has 1 aliphatic carbocycles. The fraction of sp³-hybridized carbons (Fsp3) is 0.146. The Kier molecular flexibility index (Phi) is 10.2. The van der Waals surface area contributed by atoms with Gasteiger partial charge in [0.2, 0.25) is 0 Å². The zero-order valence-corrected chi connectivity index (χ0v) is 27.3. The summed E-state index contributed by atoms with van der Waals surface area (Å²) in [4.78, 5) is 40.7. The molecule has 0 spiro atoms. The van der Waals surface area contributed by atoms with Gasteiger partial charge in [0.15, 0.2) is 5.60 Å². The van der Waals surface area contributed by atoms with E-state index in [9.17, 15) is 14.4 Å². The Bertz CT molecular complexity index is 1880. The highest BCUT2D eigenvalue weighted by Crippen LogP contribution is 2.45. The van der Waals surface area contributed by atoms with Crippen molar-refractivity contribution in [2.75, 3.05) is 13.2 Å². The molecule has 0 aliphatic heterocycles. The number of esters is 2. The maximum Gasteiger partial charge on any atom is 0.407 e. The van der Waals surface area contributed by atoms with Gasteiger partial charge in [-0.2, -0.15) is 0 Å². The number of amides is 1. The third kappa shape index (κ3) is 6.98. The average molecular weight is 672 g/mol.